The summed E-state index contributed by atoms with van der Waals surface area (Å²) < 4.78 is 10.4. The van der Waals surface area contributed by atoms with Crippen LogP contribution in [-0.2, 0) is 11.3 Å². The molecule has 0 fully saturated rings. The molecule has 2 rings (SSSR count). The van der Waals surface area contributed by atoms with Gasteiger partial charge in [-0.05, 0) is 29.8 Å². The first-order valence-electron chi connectivity index (χ1n) is 7.77. The standard InChI is InChI=1S/C18H18ClN3O5/c1-26-14-7-12(6-13(19)16(14)27-9-15(20)23)18(25)22-8-10-3-2-4-11(5-10)17(21)24/h2-7H,8-9H2,1H3,(H2,20,23)(H2,21,24)(H,22,25). The van der Waals surface area contributed by atoms with Gasteiger partial charge in [-0.3, -0.25) is 14.4 Å². The SMILES string of the molecule is COc1cc(C(=O)NCc2cccc(C(N)=O)c2)cc(Cl)c1OCC(N)=O. The van der Waals surface area contributed by atoms with Crippen molar-refractivity contribution in [2.75, 3.05) is 13.7 Å². The van der Waals surface area contributed by atoms with E-state index in [1.54, 1.807) is 24.3 Å². The van der Waals surface area contributed by atoms with E-state index in [4.69, 9.17) is 32.5 Å². The summed E-state index contributed by atoms with van der Waals surface area (Å²) in [4.78, 5) is 34.5. The maximum Gasteiger partial charge on any atom is 0.255 e. The van der Waals surface area contributed by atoms with E-state index in [2.05, 4.69) is 5.32 Å². The number of nitrogens with two attached hydrogens (primary N) is 2. The fraction of sp³-hybridized carbons (Fsp3) is 0.167. The summed E-state index contributed by atoms with van der Waals surface area (Å²) in [7, 11) is 1.37. The lowest BCUT2D eigenvalue weighted by molar-refractivity contribution is -0.119. The zero-order valence-electron chi connectivity index (χ0n) is 14.5. The zero-order valence-corrected chi connectivity index (χ0v) is 15.2. The number of hydrogen-bond acceptors (Lipinski definition) is 5. The van der Waals surface area contributed by atoms with Crippen LogP contribution in [0.25, 0.3) is 0 Å². The molecule has 0 aliphatic rings. The zero-order chi connectivity index (χ0) is 20.0. The van der Waals surface area contributed by atoms with Gasteiger partial charge in [0, 0.05) is 17.7 Å². The van der Waals surface area contributed by atoms with Crippen LogP contribution in [0.1, 0.15) is 26.3 Å². The maximum absolute atomic E-state index is 12.4. The summed E-state index contributed by atoms with van der Waals surface area (Å²) in [6.45, 7) is -0.197. The molecule has 142 valence electrons. The second kappa shape index (κ2) is 8.91. The molecular formula is C18H18ClN3O5. The molecule has 0 heterocycles. The van der Waals surface area contributed by atoms with Crippen molar-refractivity contribution in [2.45, 2.75) is 6.54 Å². The van der Waals surface area contributed by atoms with Gasteiger partial charge < -0.3 is 26.3 Å². The Morgan fingerprint density at radius 1 is 1.11 bits per heavy atom. The van der Waals surface area contributed by atoms with Crippen molar-refractivity contribution in [3.63, 3.8) is 0 Å². The predicted molar refractivity (Wildman–Crippen MR) is 98.8 cm³/mol. The van der Waals surface area contributed by atoms with Crippen LogP contribution < -0.4 is 26.3 Å². The van der Waals surface area contributed by atoms with E-state index in [1.165, 1.54) is 19.2 Å². The molecule has 0 saturated heterocycles. The van der Waals surface area contributed by atoms with Gasteiger partial charge in [0.15, 0.2) is 18.1 Å². The Kier molecular flexibility index (Phi) is 6.62. The molecule has 0 unspecified atom stereocenters. The Morgan fingerprint density at radius 2 is 1.85 bits per heavy atom. The monoisotopic (exact) mass is 391 g/mol. The third-order valence-electron chi connectivity index (χ3n) is 3.51. The van der Waals surface area contributed by atoms with Gasteiger partial charge in [-0.25, -0.2) is 0 Å². The summed E-state index contributed by atoms with van der Waals surface area (Å²) >= 11 is 6.13. The summed E-state index contributed by atoms with van der Waals surface area (Å²) in [5.74, 6) is -1.34. The number of halogens is 1. The van der Waals surface area contributed by atoms with Crippen LogP contribution in [0, 0.1) is 0 Å². The van der Waals surface area contributed by atoms with Gasteiger partial charge in [0.1, 0.15) is 0 Å². The van der Waals surface area contributed by atoms with Gasteiger partial charge >= 0.3 is 0 Å². The molecule has 0 aromatic heterocycles. The number of carbonyl (C=O) groups excluding carboxylic acids is 3. The molecule has 0 spiro atoms. The van der Waals surface area contributed by atoms with Gasteiger partial charge in [-0.2, -0.15) is 0 Å². The number of hydrogen-bond donors (Lipinski definition) is 3. The minimum absolute atomic E-state index is 0.0940. The maximum atomic E-state index is 12.4. The highest BCUT2D eigenvalue weighted by Crippen LogP contribution is 2.36. The van der Waals surface area contributed by atoms with Crippen molar-refractivity contribution in [1.29, 1.82) is 0 Å². The van der Waals surface area contributed by atoms with Crippen LogP contribution in [0.4, 0.5) is 0 Å². The van der Waals surface area contributed by atoms with Crippen LogP contribution in [0.3, 0.4) is 0 Å². The quantitative estimate of drug-likeness (QED) is 0.622. The van der Waals surface area contributed by atoms with Crippen LogP contribution in [0.2, 0.25) is 5.02 Å². The van der Waals surface area contributed by atoms with E-state index < -0.39 is 17.7 Å². The van der Waals surface area contributed by atoms with E-state index >= 15 is 0 Å². The number of ether oxygens (including phenoxy) is 2. The number of methoxy groups -OCH3 is 1. The van der Waals surface area contributed by atoms with Crippen molar-refractivity contribution < 1.29 is 23.9 Å². The first-order chi connectivity index (χ1) is 12.8. The van der Waals surface area contributed by atoms with Crippen LogP contribution in [-0.4, -0.2) is 31.4 Å². The first-order valence-corrected chi connectivity index (χ1v) is 8.15. The van der Waals surface area contributed by atoms with Crippen molar-refractivity contribution in [3.05, 3.63) is 58.1 Å². The van der Waals surface area contributed by atoms with E-state index in [0.717, 1.165) is 0 Å². The molecule has 0 aliphatic carbocycles. The minimum Gasteiger partial charge on any atom is -0.493 e. The summed E-state index contributed by atoms with van der Waals surface area (Å²) in [6.07, 6.45) is 0. The largest absolute Gasteiger partial charge is 0.493 e. The molecule has 0 aliphatic heterocycles. The lowest BCUT2D eigenvalue weighted by Crippen LogP contribution is -2.23. The third kappa shape index (κ3) is 5.35. The number of benzene rings is 2. The smallest absolute Gasteiger partial charge is 0.255 e. The molecule has 3 amide bonds. The average Bonchev–Trinajstić information content (AvgIpc) is 2.64. The second-order valence-electron chi connectivity index (χ2n) is 5.49. The lowest BCUT2D eigenvalue weighted by Gasteiger charge is -2.13. The highest BCUT2D eigenvalue weighted by Gasteiger charge is 2.16. The lowest BCUT2D eigenvalue weighted by atomic mass is 10.1. The van der Waals surface area contributed by atoms with E-state index in [1.807, 2.05) is 0 Å². The Balaban J connectivity index is 2.14. The average molecular weight is 392 g/mol. The van der Waals surface area contributed by atoms with Crippen LogP contribution in [0.5, 0.6) is 11.5 Å². The number of rotatable bonds is 8. The number of carbonyl (C=O) groups is 3. The highest BCUT2D eigenvalue weighted by atomic mass is 35.5. The summed E-state index contributed by atoms with van der Waals surface area (Å²) in [5, 5.41) is 2.80. The summed E-state index contributed by atoms with van der Waals surface area (Å²) in [6, 6.07) is 9.42. The molecule has 0 atom stereocenters. The first kappa shape index (κ1) is 20.1. The second-order valence-corrected chi connectivity index (χ2v) is 5.90. The van der Waals surface area contributed by atoms with Gasteiger partial charge in [-0.15, -0.1) is 0 Å². The molecule has 0 bridgehead atoms. The molecule has 0 radical (unpaired) electrons. The highest BCUT2D eigenvalue weighted by molar-refractivity contribution is 6.32. The molecule has 2 aromatic rings. The predicted octanol–water partition coefficient (Wildman–Crippen LogP) is 1.24. The van der Waals surface area contributed by atoms with Gasteiger partial charge in [0.2, 0.25) is 5.91 Å². The molecule has 9 heteroatoms. The Bertz CT molecular complexity index is 885. The van der Waals surface area contributed by atoms with Crippen molar-refractivity contribution >= 4 is 29.3 Å². The van der Waals surface area contributed by atoms with Gasteiger partial charge in [0.25, 0.3) is 11.8 Å². The molecule has 5 N–H and O–H groups in total. The Labute approximate surface area is 160 Å². The van der Waals surface area contributed by atoms with Crippen molar-refractivity contribution in [1.82, 2.24) is 5.32 Å². The molecule has 8 nitrogen and oxygen atoms in total. The molecule has 27 heavy (non-hydrogen) atoms. The third-order valence-corrected chi connectivity index (χ3v) is 3.80. The van der Waals surface area contributed by atoms with Crippen molar-refractivity contribution in [3.8, 4) is 11.5 Å². The Morgan fingerprint density at radius 3 is 2.48 bits per heavy atom. The fourth-order valence-corrected chi connectivity index (χ4v) is 2.52. The Hall–Kier alpha value is -3.26. The molecule has 2 aromatic carbocycles. The number of amides is 3. The number of nitrogens with one attached hydrogen (secondary N) is 1. The van der Waals surface area contributed by atoms with E-state index in [-0.39, 0.29) is 35.2 Å². The minimum atomic E-state index is -0.673. The number of primary amides is 2. The molecule has 0 saturated carbocycles. The van der Waals surface area contributed by atoms with E-state index in [9.17, 15) is 14.4 Å². The molecular weight excluding hydrogens is 374 g/mol. The van der Waals surface area contributed by atoms with Gasteiger partial charge in [-0.1, -0.05) is 23.7 Å². The summed E-state index contributed by atoms with van der Waals surface area (Å²) in [5.41, 5.74) is 11.6. The normalized spacial score (nSPS) is 10.1. The van der Waals surface area contributed by atoms with Crippen molar-refractivity contribution in [2.24, 2.45) is 11.5 Å². The van der Waals surface area contributed by atoms with Crippen LogP contribution in [0.15, 0.2) is 36.4 Å². The van der Waals surface area contributed by atoms with Crippen LogP contribution >= 0.6 is 11.6 Å². The van der Waals surface area contributed by atoms with Gasteiger partial charge in [0.05, 0.1) is 12.1 Å². The van der Waals surface area contributed by atoms with E-state index in [0.29, 0.717) is 11.1 Å². The fourth-order valence-electron chi connectivity index (χ4n) is 2.25. The topological polar surface area (TPSA) is 134 Å².